The summed E-state index contributed by atoms with van der Waals surface area (Å²) in [5.41, 5.74) is 1.32. The highest BCUT2D eigenvalue weighted by Crippen LogP contribution is 2.28. The first-order chi connectivity index (χ1) is 12.9. The van der Waals surface area contributed by atoms with Crippen molar-refractivity contribution in [2.45, 2.75) is 19.1 Å². The Balaban J connectivity index is 1.95. The van der Waals surface area contributed by atoms with Gasteiger partial charge in [0.25, 0.3) is 5.91 Å². The minimum atomic E-state index is -1.71. The van der Waals surface area contributed by atoms with E-state index in [2.05, 4.69) is 11.2 Å². The second-order valence-electron chi connectivity index (χ2n) is 5.62. The monoisotopic (exact) mass is 409 g/mol. The zero-order chi connectivity index (χ0) is 19.8. The van der Waals surface area contributed by atoms with Gasteiger partial charge in [-0.25, -0.2) is 4.39 Å². The third kappa shape index (κ3) is 6.06. The third-order valence-corrected chi connectivity index (χ3v) is 4.43. The summed E-state index contributed by atoms with van der Waals surface area (Å²) in [5, 5.41) is 3.33. The predicted octanol–water partition coefficient (Wildman–Crippen LogP) is 4.21. The number of benzene rings is 2. The quantitative estimate of drug-likeness (QED) is 0.664. The fourth-order valence-electron chi connectivity index (χ4n) is 2.33. The molecule has 0 saturated heterocycles. The number of halogens is 3. The second kappa shape index (κ2) is 10.1. The van der Waals surface area contributed by atoms with Crippen LogP contribution in [0.15, 0.2) is 36.4 Å². The summed E-state index contributed by atoms with van der Waals surface area (Å²) in [7, 11) is 1.47. The van der Waals surface area contributed by atoms with Gasteiger partial charge in [-0.15, -0.1) is 6.42 Å². The number of ether oxygens (including phenoxy) is 2. The Bertz CT molecular complexity index is 852. The van der Waals surface area contributed by atoms with Gasteiger partial charge in [0.05, 0.1) is 17.2 Å². The first-order valence-corrected chi connectivity index (χ1v) is 8.79. The van der Waals surface area contributed by atoms with Crippen LogP contribution < -0.4 is 14.8 Å². The summed E-state index contributed by atoms with van der Waals surface area (Å²) in [6.07, 6.45) is 3.35. The molecule has 7 heteroatoms. The number of hydrogen-bond donors (Lipinski definition) is 1. The van der Waals surface area contributed by atoms with E-state index in [0.717, 1.165) is 5.56 Å². The van der Waals surface area contributed by atoms with Crippen molar-refractivity contribution in [3.63, 3.8) is 0 Å². The Morgan fingerprint density at radius 1 is 1.19 bits per heavy atom. The van der Waals surface area contributed by atoms with E-state index in [0.29, 0.717) is 27.1 Å². The fraction of sp³-hybridized carbons (Fsp3) is 0.250. The summed E-state index contributed by atoms with van der Waals surface area (Å²) in [6.45, 7) is 0.247. The molecule has 2 aromatic rings. The Morgan fingerprint density at radius 3 is 2.59 bits per heavy atom. The molecule has 0 heterocycles. The fourth-order valence-corrected chi connectivity index (χ4v) is 2.65. The zero-order valence-electron chi connectivity index (χ0n) is 14.6. The van der Waals surface area contributed by atoms with E-state index in [1.165, 1.54) is 7.11 Å². The van der Waals surface area contributed by atoms with Crippen LogP contribution >= 0.6 is 23.2 Å². The lowest BCUT2D eigenvalue weighted by atomic mass is 10.1. The largest absolute Gasteiger partial charge is 0.493 e. The number of amides is 1. The average molecular weight is 410 g/mol. The maximum Gasteiger partial charge on any atom is 0.255 e. The molecule has 2 rings (SSSR count). The van der Waals surface area contributed by atoms with Gasteiger partial charge in [-0.3, -0.25) is 4.79 Å². The minimum absolute atomic E-state index is 0.0958. The van der Waals surface area contributed by atoms with Crippen molar-refractivity contribution in [2.24, 2.45) is 0 Å². The van der Waals surface area contributed by atoms with Crippen LogP contribution in [0.5, 0.6) is 11.5 Å². The van der Waals surface area contributed by atoms with E-state index in [4.69, 9.17) is 39.1 Å². The van der Waals surface area contributed by atoms with Gasteiger partial charge in [0, 0.05) is 13.0 Å². The third-order valence-electron chi connectivity index (χ3n) is 3.69. The molecule has 0 aromatic heterocycles. The number of rotatable bonds is 8. The van der Waals surface area contributed by atoms with E-state index in [9.17, 15) is 9.18 Å². The van der Waals surface area contributed by atoms with Crippen molar-refractivity contribution in [1.82, 2.24) is 5.32 Å². The number of terminal acetylenes is 1. The normalized spacial score (nSPS) is 11.4. The molecule has 1 amide bonds. The van der Waals surface area contributed by atoms with Crippen LogP contribution in [0.1, 0.15) is 11.1 Å². The van der Waals surface area contributed by atoms with Gasteiger partial charge >= 0.3 is 0 Å². The zero-order valence-corrected chi connectivity index (χ0v) is 16.1. The van der Waals surface area contributed by atoms with Crippen LogP contribution in [0.25, 0.3) is 0 Å². The number of alkyl halides is 1. The molecule has 0 spiro atoms. The molecule has 0 saturated carbocycles. The summed E-state index contributed by atoms with van der Waals surface area (Å²) in [4.78, 5) is 12.0. The molecular formula is C20H18Cl2FNO3. The van der Waals surface area contributed by atoms with Crippen molar-refractivity contribution in [2.75, 3.05) is 13.7 Å². The first kappa shape index (κ1) is 20.9. The highest BCUT2D eigenvalue weighted by atomic mass is 35.5. The molecule has 1 N–H and O–H groups in total. The molecular weight excluding hydrogens is 392 g/mol. The van der Waals surface area contributed by atoms with Crippen LogP contribution in [0.2, 0.25) is 10.0 Å². The molecule has 0 radical (unpaired) electrons. The maximum absolute atomic E-state index is 14.3. The minimum Gasteiger partial charge on any atom is -0.493 e. The summed E-state index contributed by atoms with van der Waals surface area (Å²) < 4.78 is 24.9. The molecule has 1 unspecified atom stereocenters. The summed E-state index contributed by atoms with van der Waals surface area (Å²) in [5.74, 6) is 2.52. The molecule has 1 atom stereocenters. The van der Waals surface area contributed by atoms with Crippen LogP contribution in [-0.2, 0) is 17.8 Å². The number of nitrogens with one attached hydrogen (secondary N) is 1. The summed E-state index contributed by atoms with van der Waals surface area (Å²) in [6, 6.07) is 9.86. The van der Waals surface area contributed by atoms with Crippen LogP contribution in [0.3, 0.4) is 0 Å². The number of carbonyl (C=O) groups excluding carboxylic acids is 1. The van der Waals surface area contributed by atoms with Crippen molar-refractivity contribution < 1.29 is 18.7 Å². The van der Waals surface area contributed by atoms with Gasteiger partial charge in [0.15, 0.2) is 17.7 Å². The van der Waals surface area contributed by atoms with Gasteiger partial charge in [0.1, 0.15) is 6.61 Å². The SMILES string of the molecule is C#CCOc1ccc(CC(F)C(=O)NCc2ccc(Cl)c(Cl)c2)cc1OC. The molecule has 0 aliphatic heterocycles. The van der Waals surface area contributed by atoms with Crippen LogP contribution in [-0.4, -0.2) is 25.8 Å². The van der Waals surface area contributed by atoms with E-state index in [-0.39, 0.29) is 19.6 Å². The molecule has 0 aliphatic rings. The predicted molar refractivity (Wildman–Crippen MR) is 104 cm³/mol. The lowest BCUT2D eigenvalue weighted by Crippen LogP contribution is -2.32. The summed E-state index contributed by atoms with van der Waals surface area (Å²) >= 11 is 11.8. The first-order valence-electron chi connectivity index (χ1n) is 8.03. The molecule has 2 aromatic carbocycles. The topological polar surface area (TPSA) is 47.6 Å². The van der Waals surface area contributed by atoms with E-state index in [1.807, 2.05) is 0 Å². The van der Waals surface area contributed by atoms with Crippen molar-refractivity contribution in [3.8, 4) is 23.8 Å². The number of hydrogen-bond acceptors (Lipinski definition) is 3. The van der Waals surface area contributed by atoms with E-state index in [1.54, 1.807) is 36.4 Å². The smallest absolute Gasteiger partial charge is 0.255 e. The van der Waals surface area contributed by atoms with E-state index < -0.39 is 12.1 Å². The van der Waals surface area contributed by atoms with Gasteiger partial charge < -0.3 is 14.8 Å². The molecule has 0 fully saturated rings. The highest BCUT2D eigenvalue weighted by molar-refractivity contribution is 6.42. The maximum atomic E-state index is 14.3. The van der Waals surface area contributed by atoms with Gasteiger partial charge in [-0.1, -0.05) is 41.3 Å². The van der Waals surface area contributed by atoms with Crippen LogP contribution in [0, 0.1) is 12.3 Å². The van der Waals surface area contributed by atoms with Crippen molar-refractivity contribution in [1.29, 1.82) is 0 Å². The molecule has 4 nitrogen and oxygen atoms in total. The van der Waals surface area contributed by atoms with Crippen molar-refractivity contribution >= 4 is 29.1 Å². The molecule has 0 bridgehead atoms. The standard InChI is InChI=1S/C20H18Cl2FNO3/c1-3-8-27-18-7-5-13(11-19(18)26-2)10-17(23)20(25)24-12-14-4-6-15(21)16(22)9-14/h1,4-7,9,11,17H,8,10,12H2,2H3,(H,24,25). The molecule has 0 aliphatic carbocycles. The Kier molecular flexibility index (Phi) is 7.78. The molecule has 142 valence electrons. The average Bonchev–Trinajstić information content (AvgIpc) is 2.67. The second-order valence-corrected chi connectivity index (χ2v) is 6.43. The Labute approximate surface area is 167 Å². The van der Waals surface area contributed by atoms with Crippen molar-refractivity contribution in [3.05, 3.63) is 57.6 Å². The lowest BCUT2D eigenvalue weighted by molar-refractivity contribution is -0.126. The van der Waals surface area contributed by atoms with Gasteiger partial charge in [-0.05, 0) is 35.4 Å². The van der Waals surface area contributed by atoms with Gasteiger partial charge in [0.2, 0.25) is 0 Å². The number of carbonyl (C=O) groups is 1. The molecule has 27 heavy (non-hydrogen) atoms. The van der Waals surface area contributed by atoms with Gasteiger partial charge in [-0.2, -0.15) is 0 Å². The number of methoxy groups -OCH3 is 1. The lowest BCUT2D eigenvalue weighted by Gasteiger charge is -2.13. The van der Waals surface area contributed by atoms with E-state index >= 15 is 0 Å². The Morgan fingerprint density at radius 2 is 1.93 bits per heavy atom. The van der Waals surface area contributed by atoms with Crippen LogP contribution in [0.4, 0.5) is 4.39 Å². The highest BCUT2D eigenvalue weighted by Gasteiger charge is 2.18. The Hall–Kier alpha value is -2.42.